The van der Waals surface area contributed by atoms with E-state index in [0.29, 0.717) is 0 Å². The molecule has 2 N–H and O–H groups in total. The van der Waals surface area contributed by atoms with Crippen LogP contribution in [-0.2, 0) is 0 Å². The normalized spacial score (nSPS) is 20.2. The lowest BCUT2D eigenvalue weighted by atomic mass is 9.90. The fraction of sp³-hybridized carbons (Fsp3) is 0.100. The van der Waals surface area contributed by atoms with Crippen LogP contribution in [-0.4, -0.2) is 22.6 Å². The molecular weight excluding hydrogens is 671 g/mol. The molecule has 0 spiro atoms. The number of nitrogens with one attached hydrogen (secondary N) is 2. The van der Waals surface area contributed by atoms with Gasteiger partial charge in [-0.1, -0.05) is 139 Å². The molecule has 1 aliphatic carbocycles. The number of nitrogens with zero attached hydrogens (tertiary/aromatic N) is 3. The first-order valence-corrected chi connectivity index (χ1v) is 18.9. The highest BCUT2D eigenvalue weighted by Crippen LogP contribution is 2.50. The van der Waals surface area contributed by atoms with Crippen molar-refractivity contribution in [2.45, 2.75) is 31.2 Å². The van der Waals surface area contributed by atoms with Gasteiger partial charge in [0.05, 0.1) is 17.1 Å². The lowest BCUT2D eigenvalue weighted by Gasteiger charge is -2.32. The topological polar surface area (TPSA) is 44.6 Å². The van der Waals surface area contributed by atoms with Gasteiger partial charge in [-0.2, -0.15) is 0 Å². The van der Waals surface area contributed by atoms with E-state index in [4.69, 9.17) is 11.4 Å². The molecule has 10 rings (SSSR count). The number of amidine groups is 1. The van der Waals surface area contributed by atoms with Crippen LogP contribution in [0.15, 0.2) is 180 Å². The summed E-state index contributed by atoms with van der Waals surface area (Å²) in [4.78, 5) is 7.62. The molecule has 0 bridgehead atoms. The first kappa shape index (κ1) is 32.8. The standard InChI is InChI=1S/C50H39N5/c1-3-34-30-39(28-27-37(34)29-33(2)48-51-49(35-17-7-4-8-18-35)53-50(52-48)36-19-9-5-10-20-36)55-45-26-16-14-24-41(45)43-31-42-40-23-13-15-25-44(40)54(46(42)32-47(43)55)38-21-11-6-12-22-38/h1,4-32,41,45,48-49,51H,2H3,(H,52,53). The summed E-state index contributed by atoms with van der Waals surface area (Å²) in [7, 11) is 0. The van der Waals surface area contributed by atoms with E-state index in [2.05, 4.69) is 185 Å². The van der Waals surface area contributed by atoms with Crippen LogP contribution < -0.4 is 15.5 Å². The van der Waals surface area contributed by atoms with E-state index in [9.17, 15) is 0 Å². The van der Waals surface area contributed by atoms with Crippen LogP contribution in [0.4, 0.5) is 11.4 Å². The molecule has 0 fully saturated rings. The zero-order valence-electron chi connectivity index (χ0n) is 30.5. The second-order valence-corrected chi connectivity index (χ2v) is 14.5. The molecule has 5 heteroatoms. The summed E-state index contributed by atoms with van der Waals surface area (Å²) in [6.07, 6.45) is 17.1. The summed E-state index contributed by atoms with van der Waals surface area (Å²) in [5.74, 6) is 4.11. The highest BCUT2D eigenvalue weighted by atomic mass is 15.3. The second kappa shape index (κ2) is 13.5. The zero-order chi connectivity index (χ0) is 36.9. The lowest BCUT2D eigenvalue weighted by molar-refractivity contribution is 0.432. The molecule has 0 saturated carbocycles. The number of terminal acetylenes is 1. The maximum atomic E-state index is 6.32. The Labute approximate surface area is 321 Å². The van der Waals surface area contributed by atoms with Gasteiger partial charge >= 0.3 is 0 Å². The molecule has 3 aliphatic rings. The minimum Gasteiger partial charge on any atom is -0.350 e. The highest BCUT2D eigenvalue weighted by molar-refractivity contribution is 6.11. The maximum absolute atomic E-state index is 6.32. The maximum Gasteiger partial charge on any atom is 0.131 e. The van der Waals surface area contributed by atoms with Crippen LogP contribution >= 0.6 is 0 Å². The molecule has 3 heterocycles. The Kier molecular flexibility index (Phi) is 8.05. The van der Waals surface area contributed by atoms with Crippen molar-refractivity contribution < 1.29 is 0 Å². The molecule has 264 valence electrons. The van der Waals surface area contributed by atoms with Gasteiger partial charge in [-0.15, -0.1) is 6.42 Å². The summed E-state index contributed by atoms with van der Waals surface area (Å²) in [6.45, 7) is 2.13. The van der Waals surface area contributed by atoms with Crippen molar-refractivity contribution in [3.8, 4) is 18.0 Å². The number of para-hydroxylation sites is 2. The van der Waals surface area contributed by atoms with Gasteiger partial charge in [0.15, 0.2) is 0 Å². The number of anilines is 2. The van der Waals surface area contributed by atoms with Crippen LogP contribution in [0, 0.1) is 12.3 Å². The Morgan fingerprint density at radius 1 is 0.727 bits per heavy atom. The predicted octanol–water partition coefficient (Wildman–Crippen LogP) is 10.6. The van der Waals surface area contributed by atoms with E-state index in [1.807, 2.05) is 24.3 Å². The zero-order valence-corrected chi connectivity index (χ0v) is 30.5. The van der Waals surface area contributed by atoms with Gasteiger partial charge < -0.3 is 14.8 Å². The largest absolute Gasteiger partial charge is 0.350 e. The predicted molar refractivity (Wildman–Crippen MR) is 228 cm³/mol. The van der Waals surface area contributed by atoms with Crippen LogP contribution in [0.1, 0.15) is 46.8 Å². The lowest BCUT2D eigenvalue weighted by Crippen LogP contribution is -2.48. The van der Waals surface area contributed by atoms with Gasteiger partial charge in [-0.3, -0.25) is 5.32 Å². The average Bonchev–Trinajstić information content (AvgIpc) is 3.75. The first-order chi connectivity index (χ1) is 27.1. The van der Waals surface area contributed by atoms with Crippen molar-refractivity contribution in [3.63, 3.8) is 0 Å². The molecule has 4 unspecified atom stereocenters. The summed E-state index contributed by atoms with van der Waals surface area (Å²) < 4.78 is 2.39. The molecule has 4 atom stereocenters. The van der Waals surface area contributed by atoms with Gasteiger partial charge in [-0.25, -0.2) is 4.99 Å². The Morgan fingerprint density at radius 2 is 1.45 bits per heavy atom. The minimum absolute atomic E-state index is 0.107. The van der Waals surface area contributed by atoms with Crippen molar-refractivity contribution in [1.29, 1.82) is 0 Å². The molecular formula is C50H39N5. The van der Waals surface area contributed by atoms with Gasteiger partial charge in [0.1, 0.15) is 18.2 Å². The van der Waals surface area contributed by atoms with Gasteiger partial charge in [0, 0.05) is 44.9 Å². The monoisotopic (exact) mass is 709 g/mol. The van der Waals surface area contributed by atoms with E-state index >= 15 is 0 Å². The fourth-order valence-electron chi connectivity index (χ4n) is 8.57. The van der Waals surface area contributed by atoms with Crippen molar-refractivity contribution >= 4 is 45.1 Å². The molecule has 0 saturated heterocycles. The fourth-order valence-corrected chi connectivity index (χ4v) is 8.57. The number of allylic oxidation sites excluding steroid dienone is 2. The number of hydrogen-bond donors (Lipinski definition) is 2. The third kappa shape index (κ3) is 5.67. The number of fused-ring (bicyclic) bond motifs is 6. The summed E-state index contributed by atoms with van der Waals surface area (Å²) in [5, 5.41) is 9.87. The average molecular weight is 710 g/mol. The number of benzene rings is 6. The molecule has 1 aromatic heterocycles. The smallest absolute Gasteiger partial charge is 0.131 e. The molecule has 55 heavy (non-hydrogen) atoms. The molecule has 7 aromatic rings. The quantitative estimate of drug-likeness (QED) is 0.169. The van der Waals surface area contributed by atoms with Crippen molar-refractivity contribution in [3.05, 3.63) is 203 Å². The number of aromatic nitrogens is 1. The molecule has 0 radical (unpaired) electrons. The molecule has 5 nitrogen and oxygen atoms in total. The third-order valence-corrected chi connectivity index (χ3v) is 11.2. The van der Waals surface area contributed by atoms with Gasteiger partial charge in [-0.05, 0) is 71.7 Å². The van der Waals surface area contributed by atoms with Crippen LogP contribution in [0.2, 0.25) is 0 Å². The third-order valence-electron chi connectivity index (χ3n) is 11.2. The summed E-state index contributed by atoms with van der Waals surface area (Å²) >= 11 is 0. The van der Waals surface area contributed by atoms with Crippen LogP contribution in [0.5, 0.6) is 0 Å². The second-order valence-electron chi connectivity index (χ2n) is 14.5. The van der Waals surface area contributed by atoms with Crippen LogP contribution in [0.25, 0.3) is 33.6 Å². The minimum atomic E-state index is -0.254. The van der Waals surface area contributed by atoms with Crippen molar-refractivity contribution in [2.75, 3.05) is 4.90 Å². The Hall–Kier alpha value is -6.87. The van der Waals surface area contributed by atoms with E-state index < -0.39 is 0 Å². The van der Waals surface area contributed by atoms with E-state index in [-0.39, 0.29) is 24.3 Å². The molecule has 6 aromatic carbocycles. The molecule has 0 amide bonds. The van der Waals surface area contributed by atoms with E-state index in [1.54, 1.807) is 0 Å². The number of aliphatic imine (C=N–C) groups is 1. The van der Waals surface area contributed by atoms with E-state index in [0.717, 1.165) is 45.0 Å². The Morgan fingerprint density at radius 3 is 2.25 bits per heavy atom. The summed E-state index contributed by atoms with van der Waals surface area (Å²) in [5.41, 5.74) is 12.3. The van der Waals surface area contributed by atoms with Crippen molar-refractivity contribution in [1.82, 2.24) is 15.2 Å². The summed E-state index contributed by atoms with van der Waals surface area (Å²) in [6, 6.07) is 51.6. The van der Waals surface area contributed by atoms with Crippen molar-refractivity contribution in [2.24, 2.45) is 4.99 Å². The molecule has 2 aliphatic heterocycles. The van der Waals surface area contributed by atoms with Crippen LogP contribution in [0.3, 0.4) is 0 Å². The van der Waals surface area contributed by atoms with Gasteiger partial charge in [0.2, 0.25) is 0 Å². The van der Waals surface area contributed by atoms with E-state index in [1.165, 1.54) is 33.1 Å². The first-order valence-electron chi connectivity index (χ1n) is 18.9. The highest BCUT2D eigenvalue weighted by Gasteiger charge is 2.38. The van der Waals surface area contributed by atoms with Gasteiger partial charge in [0.25, 0.3) is 0 Å². The number of rotatable bonds is 6. The SMILES string of the molecule is C#Cc1cc(N2c3cc4c(cc3C3C=CC=CC32)c2ccccc2n4-c2ccccc2)ccc1C=C(C)C1N=C(c2ccccc2)NC(c2ccccc2)N1. The number of hydrogen-bond acceptors (Lipinski definition) is 4. The Bertz CT molecular complexity index is 2750. The Balaban J connectivity index is 1.05.